The third-order valence-corrected chi connectivity index (χ3v) is 3.92. The van der Waals surface area contributed by atoms with Crippen LogP contribution in [0.2, 0.25) is 0 Å². The maximum atomic E-state index is 11.9. The number of carbonyl (C=O) groups excluding carboxylic acids is 1. The molecule has 0 aromatic heterocycles. The monoisotopic (exact) mass is 240 g/mol. The number of amides is 1. The topological polar surface area (TPSA) is 47.6 Å². The van der Waals surface area contributed by atoms with E-state index >= 15 is 0 Å². The average Bonchev–Trinajstić information content (AvgIpc) is 2.83. The van der Waals surface area contributed by atoms with E-state index in [2.05, 4.69) is 34.5 Å². The summed E-state index contributed by atoms with van der Waals surface area (Å²) in [4.78, 5) is 16.6. The molecule has 1 amide bonds. The molecule has 2 rings (SSSR count). The normalized spacial score (nSPS) is 31.6. The Morgan fingerprint density at radius 1 is 1.41 bits per heavy atom. The second-order valence-corrected chi connectivity index (χ2v) is 5.33. The van der Waals surface area contributed by atoms with Gasteiger partial charge in [-0.05, 0) is 27.1 Å². The molecule has 0 spiro atoms. The third-order valence-electron chi connectivity index (χ3n) is 3.92. The zero-order chi connectivity index (χ0) is 12.3. The number of rotatable bonds is 3. The largest absolute Gasteiger partial charge is 0.354 e. The number of likely N-dealkylation sites (N-methyl/N-ethyl adjacent to an activating group) is 2. The van der Waals surface area contributed by atoms with Crippen molar-refractivity contribution in [1.82, 2.24) is 20.4 Å². The first-order valence-electron chi connectivity index (χ1n) is 6.54. The zero-order valence-electron chi connectivity index (χ0n) is 10.9. The quantitative estimate of drug-likeness (QED) is 0.661. The molecule has 2 fully saturated rings. The van der Waals surface area contributed by atoms with E-state index in [1.54, 1.807) is 0 Å². The Labute approximate surface area is 104 Å². The van der Waals surface area contributed by atoms with Crippen molar-refractivity contribution in [3.63, 3.8) is 0 Å². The molecular weight excluding hydrogens is 216 g/mol. The second kappa shape index (κ2) is 5.80. The van der Waals surface area contributed by atoms with E-state index in [9.17, 15) is 4.79 Å². The van der Waals surface area contributed by atoms with Crippen molar-refractivity contribution >= 4 is 5.91 Å². The molecule has 5 nitrogen and oxygen atoms in total. The highest BCUT2D eigenvalue weighted by Crippen LogP contribution is 2.08. The second-order valence-electron chi connectivity index (χ2n) is 5.33. The third kappa shape index (κ3) is 3.40. The van der Waals surface area contributed by atoms with Crippen molar-refractivity contribution in [2.45, 2.75) is 12.5 Å². The maximum Gasteiger partial charge on any atom is 0.224 e. The molecule has 98 valence electrons. The van der Waals surface area contributed by atoms with Gasteiger partial charge in [-0.3, -0.25) is 9.69 Å². The Bertz CT molecular complexity index is 265. The van der Waals surface area contributed by atoms with Crippen LogP contribution in [0.25, 0.3) is 0 Å². The standard InChI is InChI=1S/C12H24N4O/c1-15-5-6-16(2)11(9-15)8-14-12(17)10-3-4-13-7-10/h10-11,13H,3-9H2,1-2H3,(H,14,17). The number of hydrogen-bond donors (Lipinski definition) is 2. The lowest BCUT2D eigenvalue weighted by Crippen LogP contribution is -2.54. The molecule has 2 N–H and O–H groups in total. The van der Waals surface area contributed by atoms with E-state index in [1.165, 1.54) is 0 Å². The molecule has 17 heavy (non-hydrogen) atoms. The summed E-state index contributed by atoms with van der Waals surface area (Å²) in [6.45, 7) is 5.84. The first-order valence-corrected chi connectivity index (χ1v) is 6.54. The van der Waals surface area contributed by atoms with Gasteiger partial charge in [-0.25, -0.2) is 0 Å². The summed E-state index contributed by atoms with van der Waals surface area (Å²) in [5.74, 6) is 0.401. The maximum absolute atomic E-state index is 11.9. The number of nitrogens with one attached hydrogen (secondary N) is 2. The van der Waals surface area contributed by atoms with Gasteiger partial charge in [0.2, 0.25) is 5.91 Å². The fraction of sp³-hybridized carbons (Fsp3) is 0.917. The van der Waals surface area contributed by atoms with E-state index in [4.69, 9.17) is 0 Å². The molecule has 2 saturated heterocycles. The number of carbonyl (C=O) groups is 1. The molecule has 0 aliphatic carbocycles. The van der Waals surface area contributed by atoms with Gasteiger partial charge in [0.25, 0.3) is 0 Å². The van der Waals surface area contributed by atoms with Crippen LogP contribution in [0, 0.1) is 5.92 Å². The minimum atomic E-state index is 0.182. The fourth-order valence-corrected chi connectivity index (χ4v) is 2.56. The van der Waals surface area contributed by atoms with Crippen LogP contribution in [0.3, 0.4) is 0 Å². The van der Waals surface area contributed by atoms with Crippen molar-refractivity contribution in [1.29, 1.82) is 0 Å². The molecule has 0 radical (unpaired) electrons. The van der Waals surface area contributed by atoms with Gasteiger partial charge in [0.05, 0.1) is 5.92 Å². The van der Waals surface area contributed by atoms with E-state index in [0.717, 1.165) is 45.7 Å². The molecule has 5 heteroatoms. The molecule has 0 aromatic rings. The molecule has 2 aliphatic heterocycles. The zero-order valence-corrected chi connectivity index (χ0v) is 10.9. The molecule has 2 unspecified atom stereocenters. The lowest BCUT2D eigenvalue weighted by atomic mass is 10.1. The minimum Gasteiger partial charge on any atom is -0.354 e. The van der Waals surface area contributed by atoms with E-state index < -0.39 is 0 Å². The Kier molecular flexibility index (Phi) is 4.36. The number of piperazine rings is 1. The van der Waals surface area contributed by atoms with Crippen molar-refractivity contribution in [2.24, 2.45) is 5.92 Å². The SMILES string of the molecule is CN1CCN(C)C(CNC(=O)C2CCNC2)C1. The summed E-state index contributed by atoms with van der Waals surface area (Å²) in [6, 6.07) is 0.451. The van der Waals surface area contributed by atoms with E-state index in [-0.39, 0.29) is 11.8 Å². The summed E-state index contributed by atoms with van der Waals surface area (Å²) >= 11 is 0. The summed E-state index contributed by atoms with van der Waals surface area (Å²) in [7, 11) is 4.28. The van der Waals surface area contributed by atoms with Crippen molar-refractivity contribution in [3.8, 4) is 0 Å². The summed E-state index contributed by atoms with van der Waals surface area (Å²) in [5.41, 5.74) is 0. The van der Waals surface area contributed by atoms with Gasteiger partial charge in [0.1, 0.15) is 0 Å². The van der Waals surface area contributed by atoms with E-state index in [1.807, 2.05) is 0 Å². The smallest absolute Gasteiger partial charge is 0.224 e. The van der Waals surface area contributed by atoms with Gasteiger partial charge in [0.15, 0.2) is 0 Å². The first kappa shape index (κ1) is 12.8. The summed E-state index contributed by atoms with van der Waals surface area (Å²) in [6.07, 6.45) is 0.978. The van der Waals surface area contributed by atoms with Crippen LogP contribution < -0.4 is 10.6 Å². The Morgan fingerprint density at radius 2 is 2.24 bits per heavy atom. The first-order chi connectivity index (χ1) is 8.16. The van der Waals surface area contributed by atoms with Crippen LogP contribution >= 0.6 is 0 Å². The van der Waals surface area contributed by atoms with Gasteiger partial charge in [-0.1, -0.05) is 0 Å². The lowest BCUT2D eigenvalue weighted by Gasteiger charge is -2.37. The van der Waals surface area contributed by atoms with Crippen LogP contribution in [-0.2, 0) is 4.79 Å². The van der Waals surface area contributed by atoms with Gasteiger partial charge in [-0.15, -0.1) is 0 Å². The average molecular weight is 240 g/mol. The lowest BCUT2D eigenvalue weighted by molar-refractivity contribution is -0.124. The highest BCUT2D eigenvalue weighted by molar-refractivity contribution is 5.79. The van der Waals surface area contributed by atoms with E-state index in [0.29, 0.717) is 6.04 Å². The molecule has 0 aromatic carbocycles. The molecule has 2 atom stereocenters. The van der Waals surface area contributed by atoms with Crippen LogP contribution in [0.5, 0.6) is 0 Å². The van der Waals surface area contributed by atoms with Crippen LogP contribution in [0.15, 0.2) is 0 Å². The molecule has 0 bridgehead atoms. The predicted molar refractivity (Wildman–Crippen MR) is 67.9 cm³/mol. The highest BCUT2D eigenvalue weighted by Gasteiger charge is 2.25. The van der Waals surface area contributed by atoms with Crippen LogP contribution in [-0.4, -0.2) is 75.1 Å². The Hall–Kier alpha value is -0.650. The van der Waals surface area contributed by atoms with Gasteiger partial charge < -0.3 is 15.5 Å². The van der Waals surface area contributed by atoms with Crippen LogP contribution in [0.1, 0.15) is 6.42 Å². The fourth-order valence-electron chi connectivity index (χ4n) is 2.56. The highest BCUT2D eigenvalue weighted by atomic mass is 16.1. The minimum absolute atomic E-state index is 0.182. The summed E-state index contributed by atoms with van der Waals surface area (Å²) in [5, 5.41) is 6.33. The van der Waals surface area contributed by atoms with Gasteiger partial charge in [0, 0.05) is 38.8 Å². The molecule has 2 aliphatic rings. The Balaban J connectivity index is 1.74. The molecular formula is C12H24N4O. The molecule has 0 saturated carbocycles. The van der Waals surface area contributed by atoms with Crippen LogP contribution in [0.4, 0.5) is 0 Å². The van der Waals surface area contributed by atoms with Gasteiger partial charge >= 0.3 is 0 Å². The van der Waals surface area contributed by atoms with Gasteiger partial charge in [-0.2, -0.15) is 0 Å². The predicted octanol–water partition coefficient (Wildman–Crippen LogP) is -1.04. The van der Waals surface area contributed by atoms with Crippen molar-refractivity contribution < 1.29 is 4.79 Å². The van der Waals surface area contributed by atoms with Crippen molar-refractivity contribution in [3.05, 3.63) is 0 Å². The summed E-state index contributed by atoms with van der Waals surface area (Å²) < 4.78 is 0. The van der Waals surface area contributed by atoms with Crippen molar-refractivity contribution in [2.75, 3.05) is 53.4 Å². The number of nitrogens with zero attached hydrogens (tertiary/aromatic N) is 2. The molecule has 2 heterocycles. The Morgan fingerprint density at radius 3 is 2.94 bits per heavy atom. The number of hydrogen-bond acceptors (Lipinski definition) is 4.